The summed E-state index contributed by atoms with van der Waals surface area (Å²) in [4.78, 5) is 32.4. The number of rotatable bonds is 2. The van der Waals surface area contributed by atoms with Gasteiger partial charge in [0, 0.05) is 4.92 Å². The molecule has 0 radical (unpaired) electrons. The van der Waals surface area contributed by atoms with E-state index in [1.165, 1.54) is 6.08 Å². The minimum absolute atomic E-state index is 0.0390. The molecular formula is C11H8N2O4. The number of carbonyl (C=O) groups is 2. The molecule has 1 saturated heterocycles. The lowest BCUT2D eigenvalue weighted by atomic mass is 10.1. The van der Waals surface area contributed by atoms with E-state index in [0.29, 0.717) is 5.56 Å². The smallest absolute Gasteiger partial charge is 0.316 e. The van der Waals surface area contributed by atoms with E-state index >= 15 is 0 Å². The number of nitro groups is 1. The zero-order valence-electron chi connectivity index (χ0n) is 8.62. The van der Waals surface area contributed by atoms with Crippen LogP contribution in [0.5, 0.6) is 0 Å². The Bertz CT molecular complexity index is 522. The molecular weight excluding hydrogens is 224 g/mol. The predicted octanol–water partition coefficient (Wildman–Crippen LogP) is 0.372. The molecule has 6 heteroatoms. The summed E-state index contributed by atoms with van der Waals surface area (Å²) in [5.41, 5.74) is 0.656. The second kappa shape index (κ2) is 4.17. The Hall–Kier alpha value is -2.50. The molecule has 1 N–H and O–H groups in total. The number of hydrogen-bond donors (Lipinski definition) is 1. The quantitative estimate of drug-likeness (QED) is 0.345. The SMILES string of the molecule is O=C1NC(=Cc2ccccc2)C(=O)C1[N+](=O)[O-]. The molecule has 0 bridgehead atoms. The van der Waals surface area contributed by atoms with Crippen molar-refractivity contribution in [2.24, 2.45) is 0 Å². The van der Waals surface area contributed by atoms with Crippen molar-refractivity contribution >= 4 is 17.8 Å². The summed E-state index contributed by atoms with van der Waals surface area (Å²) in [7, 11) is 0. The molecule has 1 heterocycles. The highest BCUT2D eigenvalue weighted by atomic mass is 16.6. The first-order valence-corrected chi connectivity index (χ1v) is 4.85. The van der Waals surface area contributed by atoms with Crippen molar-refractivity contribution in [3.63, 3.8) is 0 Å². The molecule has 1 aromatic carbocycles. The Labute approximate surface area is 96.1 Å². The molecule has 86 valence electrons. The van der Waals surface area contributed by atoms with Crippen LogP contribution in [-0.2, 0) is 9.59 Å². The third-order valence-electron chi connectivity index (χ3n) is 2.34. The average molecular weight is 232 g/mol. The molecule has 0 saturated carbocycles. The first-order valence-electron chi connectivity index (χ1n) is 4.85. The van der Waals surface area contributed by atoms with Gasteiger partial charge in [0.15, 0.2) is 0 Å². The van der Waals surface area contributed by atoms with Crippen molar-refractivity contribution in [3.05, 3.63) is 51.7 Å². The van der Waals surface area contributed by atoms with Crippen LogP contribution in [0.25, 0.3) is 6.08 Å². The topological polar surface area (TPSA) is 89.3 Å². The van der Waals surface area contributed by atoms with Gasteiger partial charge in [-0.05, 0) is 11.6 Å². The Morgan fingerprint density at radius 1 is 1.24 bits per heavy atom. The summed E-state index contributed by atoms with van der Waals surface area (Å²) in [6.07, 6.45) is 1.42. The van der Waals surface area contributed by atoms with Crippen molar-refractivity contribution in [2.75, 3.05) is 0 Å². The van der Waals surface area contributed by atoms with E-state index in [1.807, 2.05) is 0 Å². The summed E-state index contributed by atoms with van der Waals surface area (Å²) in [5, 5.41) is 12.7. The Balaban J connectivity index is 2.31. The van der Waals surface area contributed by atoms with E-state index in [9.17, 15) is 19.7 Å². The van der Waals surface area contributed by atoms with Gasteiger partial charge in [0.25, 0.3) is 5.78 Å². The van der Waals surface area contributed by atoms with E-state index in [-0.39, 0.29) is 5.70 Å². The van der Waals surface area contributed by atoms with Crippen LogP contribution in [0.2, 0.25) is 0 Å². The number of nitrogens with one attached hydrogen (secondary N) is 1. The highest BCUT2D eigenvalue weighted by Gasteiger charge is 2.46. The van der Waals surface area contributed by atoms with E-state index in [4.69, 9.17) is 0 Å². The van der Waals surface area contributed by atoms with Crippen LogP contribution < -0.4 is 5.32 Å². The molecule has 1 aliphatic rings. The molecule has 1 aromatic rings. The Kier molecular flexibility index (Phi) is 2.70. The van der Waals surface area contributed by atoms with Gasteiger partial charge in [0.05, 0.1) is 5.70 Å². The largest absolute Gasteiger partial charge is 0.353 e. The van der Waals surface area contributed by atoms with Gasteiger partial charge in [-0.15, -0.1) is 0 Å². The van der Waals surface area contributed by atoms with Crippen molar-refractivity contribution in [1.29, 1.82) is 0 Å². The lowest BCUT2D eigenvalue weighted by Gasteiger charge is -1.95. The zero-order chi connectivity index (χ0) is 12.4. The normalized spacial score (nSPS) is 21.6. The molecule has 2 rings (SSSR count). The number of Topliss-reactive ketones (excluding diaryl/α,β-unsaturated/α-hetero) is 1. The third-order valence-corrected chi connectivity index (χ3v) is 2.34. The highest BCUT2D eigenvalue weighted by molar-refractivity contribution is 6.21. The second-order valence-electron chi connectivity index (χ2n) is 3.51. The van der Waals surface area contributed by atoms with E-state index in [1.54, 1.807) is 30.3 Å². The van der Waals surface area contributed by atoms with Gasteiger partial charge < -0.3 is 5.32 Å². The molecule has 0 spiro atoms. The van der Waals surface area contributed by atoms with Gasteiger partial charge in [-0.3, -0.25) is 19.7 Å². The van der Waals surface area contributed by atoms with E-state index < -0.39 is 22.7 Å². The van der Waals surface area contributed by atoms with Crippen LogP contribution in [0, 0.1) is 10.1 Å². The maximum absolute atomic E-state index is 11.6. The molecule has 17 heavy (non-hydrogen) atoms. The standard InChI is InChI=1S/C11H8N2O4/c14-10-8(6-7-4-2-1-3-5-7)12-11(15)9(10)13(16)17/h1-6,9H,(H,12,15). The lowest BCUT2D eigenvalue weighted by Crippen LogP contribution is -2.33. The van der Waals surface area contributed by atoms with Gasteiger partial charge in [0.2, 0.25) is 0 Å². The first-order chi connectivity index (χ1) is 8.09. The maximum atomic E-state index is 11.6. The highest BCUT2D eigenvalue weighted by Crippen LogP contribution is 2.14. The van der Waals surface area contributed by atoms with E-state index in [0.717, 1.165) is 0 Å². The molecule has 1 atom stereocenters. The fourth-order valence-corrected chi connectivity index (χ4v) is 1.54. The van der Waals surface area contributed by atoms with Gasteiger partial charge in [-0.1, -0.05) is 30.3 Å². The van der Waals surface area contributed by atoms with Crippen LogP contribution in [-0.4, -0.2) is 22.7 Å². The number of benzene rings is 1. The Morgan fingerprint density at radius 2 is 1.88 bits per heavy atom. The fourth-order valence-electron chi connectivity index (χ4n) is 1.54. The summed E-state index contributed by atoms with van der Waals surface area (Å²) >= 11 is 0. The third kappa shape index (κ3) is 2.05. The van der Waals surface area contributed by atoms with Gasteiger partial charge >= 0.3 is 11.9 Å². The summed E-state index contributed by atoms with van der Waals surface area (Å²) in [6, 6.07) is 6.97. The minimum atomic E-state index is -1.81. The predicted molar refractivity (Wildman–Crippen MR) is 58.4 cm³/mol. The van der Waals surface area contributed by atoms with Crippen LogP contribution in [0.4, 0.5) is 0 Å². The van der Waals surface area contributed by atoms with Crippen LogP contribution in [0.15, 0.2) is 36.0 Å². The van der Waals surface area contributed by atoms with Crippen LogP contribution >= 0.6 is 0 Å². The van der Waals surface area contributed by atoms with Crippen LogP contribution in [0.1, 0.15) is 5.56 Å². The second-order valence-corrected chi connectivity index (χ2v) is 3.51. The van der Waals surface area contributed by atoms with Crippen molar-refractivity contribution in [3.8, 4) is 0 Å². The zero-order valence-corrected chi connectivity index (χ0v) is 8.62. The number of carbonyl (C=O) groups excluding carboxylic acids is 2. The molecule has 1 amide bonds. The lowest BCUT2D eigenvalue weighted by molar-refractivity contribution is -0.491. The first kappa shape index (κ1) is 11.0. The number of amides is 1. The minimum Gasteiger partial charge on any atom is -0.316 e. The summed E-state index contributed by atoms with van der Waals surface area (Å²) < 4.78 is 0. The fraction of sp³-hybridized carbons (Fsp3) is 0.0909. The average Bonchev–Trinajstić information content (AvgIpc) is 2.55. The van der Waals surface area contributed by atoms with Gasteiger partial charge in [0.1, 0.15) is 0 Å². The Morgan fingerprint density at radius 3 is 2.41 bits per heavy atom. The number of nitrogens with zero attached hydrogens (tertiary/aromatic N) is 1. The summed E-state index contributed by atoms with van der Waals surface area (Å²) in [5.74, 6) is -1.69. The van der Waals surface area contributed by atoms with Gasteiger partial charge in [-0.25, -0.2) is 0 Å². The molecule has 1 aliphatic heterocycles. The van der Waals surface area contributed by atoms with Crippen LogP contribution in [0.3, 0.4) is 0 Å². The van der Waals surface area contributed by atoms with Crippen molar-refractivity contribution < 1.29 is 14.5 Å². The molecule has 0 aromatic heterocycles. The van der Waals surface area contributed by atoms with Crippen molar-refractivity contribution in [1.82, 2.24) is 5.32 Å². The van der Waals surface area contributed by atoms with Crippen molar-refractivity contribution in [2.45, 2.75) is 6.04 Å². The molecule has 1 fully saturated rings. The molecule has 1 unspecified atom stereocenters. The monoisotopic (exact) mass is 232 g/mol. The molecule has 6 nitrogen and oxygen atoms in total. The maximum Gasteiger partial charge on any atom is 0.353 e. The number of ketones is 1. The number of hydrogen-bond acceptors (Lipinski definition) is 4. The summed E-state index contributed by atoms with van der Waals surface area (Å²) in [6.45, 7) is 0. The molecule has 0 aliphatic carbocycles. The van der Waals surface area contributed by atoms with E-state index in [2.05, 4.69) is 5.32 Å². The van der Waals surface area contributed by atoms with Gasteiger partial charge in [-0.2, -0.15) is 0 Å².